The van der Waals surface area contributed by atoms with Gasteiger partial charge in [-0.15, -0.1) is 0 Å². The zero-order valence-corrected chi connectivity index (χ0v) is 9.08. The number of nitrogens with zero attached hydrogens (tertiary/aromatic N) is 3. The highest BCUT2D eigenvalue weighted by atomic mass is 19.4. The Hall–Kier alpha value is -2.19. The molecule has 0 atom stereocenters. The molecule has 96 valence electrons. The predicted octanol–water partition coefficient (Wildman–Crippen LogP) is 0.728. The van der Waals surface area contributed by atoms with Gasteiger partial charge in [-0.25, -0.2) is 5.43 Å². The van der Waals surface area contributed by atoms with Crippen LogP contribution in [0.3, 0.4) is 0 Å². The second-order valence-corrected chi connectivity index (χ2v) is 3.39. The van der Waals surface area contributed by atoms with Gasteiger partial charge in [-0.1, -0.05) is 0 Å². The van der Waals surface area contributed by atoms with Gasteiger partial charge in [0.25, 0.3) is 0 Å². The first-order valence-corrected chi connectivity index (χ1v) is 4.76. The fraction of sp³-hybridized carbons (Fsp3) is 0.333. The zero-order chi connectivity index (χ0) is 13.3. The molecule has 0 spiro atoms. The second kappa shape index (κ2) is 4.24. The van der Waals surface area contributed by atoms with Gasteiger partial charge in [-0.3, -0.25) is 4.79 Å². The first kappa shape index (κ1) is 12.3. The van der Waals surface area contributed by atoms with E-state index in [0.717, 1.165) is 13.2 Å². The Bertz CT molecular complexity index is 527. The number of rotatable bonds is 2. The number of halogens is 3. The molecule has 0 radical (unpaired) electrons. The molecular formula is C9H7F3N4O2. The first-order chi connectivity index (χ1) is 8.40. The number of ether oxygens (including phenoxy) is 1. The average molecular weight is 260 g/mol. The Balaban J connectivity index is 2.45. The largest absolute Gasteiger partial charge is 0.467 e. The van der Waals surface area contributed by atoms with E-state index in [2.05, 4.69) is 25.2 Å². The van der Waals surface area contributed by atoms with Gasteiger partial charge in [0.05, 0.1) is 24.9 Å². The molecule has 1 amide bonds. The molecule has 0 aromatic carbocycles. The van der Waals surface area contributed by atoms with Crippen molar-refractivity contribution in [3.05, 3.63) is 17.5 Å². The van der Waals surface area contributed by atoms with E-state index in [1.54, 1.807) is 0 Å². The maximum absolute atomic E-state index is 12.6. The monoisotopic (exact) mass is 260 g/mol. The van der Waals surface area contributed by atoms with Gasteiger partial charge < -0.3 is 4.74 Å². The van der Waals surface area contributed by atoms with Crippen molar-refractivity contribution in [2.45, 2.75) is 12.6 Å². The average Bonchev–Trinajstić information content (AvgIpc) is 2.74. The molecule has 0 aliphatic carbocycles. The predicted molar refractivity (Wildman–Crippen MR) is 52.9 cm³/mol. The molecular weight excluding hydrogens is 253 g/mol. The minimum Gasteiger partial charge on any atom is -0.467 e. The van der Waals surface area contributed by atoms with Crippen molar-refractivity contribution in [1.29, 1.82) is 0 Å². The summed E-state index contributed by atoms with van der Waals surface area (Å²) in [4.78, 5) is 17.9. The van der Waals surface area contributed by atoms with E-state index in [1.165, 1.54) is 0 Å². The first-order valence-electron chi connectivity index (χ1n) is 4.76. The fourth-order valence-corrected chi connectivity index (χ4v) is 1.32. The SMILES string of the molecule is COc1nc(C2=NNC(=O)C2)cc(C(F)(F)F)n1. The van der Waals surface area contributed by atoms with Crippen molar-refractivity contribution in [3.8, 4) is 6.01 Å². The van der Waals surface area contributed by atoms with E-state index in [4.69, 9.17) is 0 Å². The van der Waals surface area contributed by atoms with Crippen LogP contribution < -0.4 is 10.2 Å². The molecule has 1 aliphatic rings. The van der Waals surface area contributed by atoms with E-state index in [9.17, 15) is 18.0 Å². The van der Waals surface area contributed by atoms with Crippen molar-refractivity contribution in [2.75, 3.05) is 7.11 Å². The Kier molecular flexibility index (Phi) is 2.89. The zero-order valence-electron chi connectivity index (χ0n) is 9.08. The minimum atomic E-state index is -4.62. The van der Waals surface area contributed by atoms with Crippen molar-refractivity contribution in [3.63, 3.8) is 0 Å². The third-order valence-electron chi connectivity index (χ3n) is 2.12. The lowest BCUT2D eigenvalue weighted by atomic mass is 10.2. The van der Waals surface area contributed by atoms with Gasteiger partial charge in [-0.2, -0.15) is 28.2 Å². The van der Waals surface area contributed by atoms with Gasteiger partial charge in [-0.05, 0) is 6.07 Å². The number of hydrogen-bond acceptors (Lipinski definition) is 5. The van der Waals surface area contributed by atoms with Crippen LogP contribution >= 0.6 is 0 Å². The summed E-state index contributed by atoms with van der Waals surface area (Å²) in [6, 6.07) is 0.295. The highest BCUT2D eigenvalue weighted by Gasteiger charge is 2.34. The molecule has 6 nitrogen and oxygen atoms in total. The molecule has 0 saturated carbocycles. The van der Waals surface area contributed by atoms with Crippen LogP contribution in [-0.4, -0.2) is 28.7 Å². The smallest absolute Gasteiger partial charge is 0.433 e. The van der Waals surface area contributed by atoms with Gasteiger partial charge in [0.15, 0.2) is 5.69 Å². The van der Waals surface area contributed by atoms with Gasteiger partial charge in [0, 0.05) is 0 Å². The fourth-order valence-electron chi connectivity index (χ4n) is 1.32. The van der Waals surface area contributed by atoms with Crippen LogP contribution in [0.5, 0.6) is 6.01 Å². The number of nitrogens with one attached hydrogen (secondary N) is 1. The number of hydrogen-bond donors (Lipinski definition) is 1. The Morgan fingerprint density at radius 1 is 1.39 bits per heavy atom. The molecule has 1 aromatic heterocycles. The topological polar surface area (TPSA) is 76.5 Å². The Labute approximate surface area is 98.9 Å². The van der Waals surface area contributed by atoms with Crippen molar-refractivity contribution >= 4 is 11.6 Å². The lowest BCUT2D eigenvalue weighted by molar-refractivity contribution is -0.141. The summed E-state index contributed by atoms with van der Waals surface area (Å²) in [5, 5.41) is 3.59. The summed E-state index contributed by atoms with van der Waals surface area (Å²) in [5.41, 5.74) is 1.01. The van der Waals surface area contributed by atoms with Crippen LogP contribution in [0, 0.1) is 0 Å². The molecule has 0 saturated heterocycles. The van der Waals surface area contributed by atoms with Gasteiger partial charge in [0.1, 0.15) is 0 Å². The number of aromatic nitrogens is 2. The van der Waals surface area contributed by atoms with E-state index < -0.39 is 23.8 Å². The lowest BCUT2D eigenvalue weighted by Gasteiger charge is -2.08. The number of alkyl halides is 3. The van der Waals surface area contributed by atoms with Gasteiger partial charge in [0.2, 0.25) is 5.91 Å². The van der Waals surface area contributed by atoms with Crippen molar-refractivity contribution < 1.29 is 22.7 Å². The number of amides is 1. The normalized spacial score (nSPS) is 15.3. The Morgan fingerprint density at radius 2 is 2.11 bits per heavy atom. The minimum absolute atomic E-state index is 0.0903. The molecule has 0 unspecified atom stereocenters. The lowest BCUT2D eigenvalue weighted by Crippen LogP contribution is -2.14. The summed E-state index contributed by atoms with van der Waals surface area (Å²) in [7, 11) is 1.15. The van der Waals surface area contributed by atoms with Crippen LogP contribution in [0.25, 0.3) is 0 Å². The van der Waals surface area contributed by atoms with E-state index >= 15 is 0 Å². The summed E-state index contributed by atoms with van der Waals surface area (Å²) in [5.74, 6) is -0.406. The maximum Gasteiger partial charge on any atom is 0.433 e. The number of carbonyl (C=O) groups is 1. The summed E-state index contributed by atoms with van der Waals surface area (Å²) >= 11 is 0. The highest BCUT2D eigenvalue weighted by molar-refractivity contribution is 6.12. The molecule has 2 rings (SSSR count). The molecule has 9 heteroatoms. The molecule has 0 bridgehead atoms. The third-order valence-corrected chi connectivity index (χ3v) is 2.12. The Morgan fingerprint density at radius 3 is 2.61 bits per heavy atom. The van der Waals surface area contributed by atoms with Gasteiger partial charge >= 0.3 is 12.2 Å². The molecule has 1 N–H and O–H groups in total. The molecule has 2 heterocycles. The molecule has 18 heavy (non-hydrogen) atoms. The summed E-state index contributed by atoms with van der Waals surface area (Å²) < 4.78 is 42.3. The van der Waals surface area contributed by atoms with E-state index in [0.29, 0.717) is 0 Å². The molecule has 1 aromatic rings. The van der Waals surface area contributed by atoms with Crippen LogP contribution in [0.4, 0.5) is 13.2 Å². The molecule has 1 aliphatic heterocycles. The van der Waals surface area contributed by atoms with Crippen LogP contribution in [-0.2, 0) is 11.0 Å². The number of methoxy groups -OCH3 is 1. The third kappa shape index (κ3) is 2.39. The highest BCUT2D eigenvalue weighted by Crippen LogP contribution is 2.29. The van der Waals surface area contributed by atoms with Crippen LogP contribution in [0.2, 0.25) is 0 Å². The van der Waals surface area contributed by atoms with E-state index in [-0.39, 0.29) is 17.8 Å². The van der Waals surface area contributed by atoms with Crippen LogP contribution in [0.1, 0.15) is 17.8 Å². The van der Waals surface area contributed by atoms with Crippen molar-refractivity contribution in [2.24, 2.45) is 5.10 Å². The quantitative estimate of drug-likeness (QED) is 0.850. The van der Waals surface area contributed by atoms with Crippen LogP contribution in [0.15, 0.2) is 11.2 Å². The maximum atomic E-state index is 12.6. The standard InChI is InChI=1S/C9H7F3N4O2/c1-18-8-13-4(5-3-7(17)16-15-5)2-6(14-8)9(10,11)12/h2H,3H2,1H3,(H,16,17). The number of carbonyl (C=O) groups excluding carboxylic acids is 1. The summed E-state index contributed by atoms with van der Waals surface area (Å²) in [6.07, 6.45) is -4.75. The number of hydrazone groups is 1. The molecule has 0 fully saturated rings. The summed E-state index contributed by atoms with van der Waals surface area (Å²) in [6.45, 7) is 0. The second-order valence-electron chi connectivity index (χ2n) is 3.39. The van der Waals surface area contributed by atoms with E-state index in [1.807, 2.05) is 0 Å². The van der Waals surface area contributed by atoms with Crippen molar-refractivity contribution in [1.82, 2.24) is 15.4 Å².